The van der Waals surface area contributed by atoms with E-state index in [1.807, 2.05) is 0 Å². The van der Waals surface area contributed by atoms with E-state index in [1.165, 1.54) is 19.1 Å². The Bertz CT molecular complexity index is 204. The van der Waals surface area contributed by atoms with E-state index in [-0.39, 0.29) is 5.91 Å². The van der Waals surface area contributed by atoms with Crippen LogP contribution in [-0.2, 0) is 19.1 Å². The molecule has 1 aliphatic rings. The Hall–Kier alpha value is -1.10. The molecule has 68 valence electrons. The molecule has 1 fully saturated rings. The second-order valence-corrected chi connectivity index (χ2v) is 2.45. The molecule has 1 saturated heterocycles. The lowest BCUT2D eigenvalue weighted by Crippen LogP contribution is -2.54. The summed E-state index contributed by atoms with van der Waals surface area (Å²) in [6, 6.07) is 0. The second kappa shape index (κ2) is 3.53. The maximum atomic E-state index is 11.0. The number of β-lactam (4-membered cyclic amide) rings is 1. The maximum Gasteiger partial charge on any atom is 0.356 e. The molecule has 5 heteroatoms. The van der Waals surface area contributed by atoms with Crippen molar-refractivity contribution in [1.29, 1.82) is 0 Å². The van der Waals surface area contributed by atoms with Crippen molar-refractivity contribution in [3.05, 3.63) is 0 Å². The summed E-state index contributed by atoms with van der Waals surface area (Å²) in [5, 5.41) is 0. The van der Waals surface area contributed by atoms with Crippen LogP contribution in [0.25, 0.3) is 0 Å². The van der Waals surface area contributed by atoms with Gasteiger partial charge in [0, 0.05) is 20.1 Å². The van der Waals surface area contributed by atoms with Gasteiger partial charge in [-0.1, -0.05) is 0 Å². The highest BCUT2D eigenvalue weighted by Gasteiger charge is 2.36. The monoisotopic (exact) mass is 173 g/mol. The number of carbonyl (C=O) groups is 2. The summed E-state index contributed by atoms with van der Waals surface area (Å²) in [7, 11) is 2.63. The minimum absolute atomic E-state index is 0.0766. The Morgan fingerprint density at radius 3 is 2.50 bits per heavy atom. The number of likely N-dealkylation sites (tertiary alicyclic amines) is 1. The van der Waals surface area contributed by atoms with Gasteiger partial charge in [-0.25, -0.2) is 4.79 Å². The van der Waals surface area contributed by atoms with Crippen molar-refractivity contribution >= 4 is 11.9 Å². The van der Waals surface area contributed by atoms with Crippen molar-refractivity contribution in [2.75, 3.05) is 20.8 Å². The average Bonchev–Trinajstić information content (AvgIpc) is 2.09. The molecule has 0 spiro atoms. The standard InChI is InChI=1S/C7H11NO4/c1-11-6(7(10)12-2)8-4-3-5(8)9/h6H,3-4H2,1-2H3. The first kappa shape index (κ1) is 8.99. The number of amides is 1. The first-order valence-corrected chi connectivity index (χ1v) is 3.60. The fourth-order valence-corrected chi connectivity index (χ4v) is 1.03. The quantitative estimate of drug-likeness (QED) is 0.421. The largest absolute Gasteiger partial charge is 0.466 e. The predicted octanol–water partition coefficient (Wildman–Crippen LogP) is -0.636. The highest BCUT2D eigenvalue weighted by molar-refractivity contribution is 5.87. The zero-order valence-corrected chi connectivity index (χ0v) is 7.07. The SMILES string of the molecule is COC(=O)C(OC)N1CCC1=O. The van der Waals surface area contributed by atoms with Crippen LogP contribution in [0.15, 0.2) is 0 Å². The van der Waals surface area contributed by atoms with Gasteiger partial charge in [-0.15, -0.1) is 0 Å². The fourth-order valence-electron chi connectivity index (χ4n) is 1.03. The molecule has 1 heterocycles. The molecule has 0 N–H and O–H groups in total. The van der Waals surface area contributed by atoms with Gasteiger partial charge < -0.3 is 14.4 Å². The minimum Gasteiger partial charge on any atom is -0.466 e. The molecule has 0 aromatic carbocycles. The summed E-state index contributed by atoms with van der Waals surface area (Å²) >= 11 is 0. The fraction of sp³-hybridized carbons (Fsp3) is 0.714. The van der Waals surface area contributed by atoms with Gasteiger partial charge in [0.1, 0.15) is 0 Å². The highest BCUT2D eigenvalue weighted by Crippen LogP contribution is 2.14. The molecule has 1 unspecified atom stereocenters. The molecule has 1 amide bonds. The molecule has 0 radical (unpaired) electrons. The van der Waals surface area contributed by atoms with Crippen molar-refractivity contribution in [2.45, 2.75) is 12.6 Å². The van der Waals surface area contributed by atoms with Crippen molar-refractivity contribution in [3.8, 4) is 0 Å². The molecule has 0 aromatic rings. The number of carbonyl (C=O) groups excluding carboxylic acids is 2. The molecule has 0 aliphatic carbocycles. The van der Waals surface area contributed by atoms with Gasteiger partial charge in [-0.2, -0.15) is 0 Å². The molecule has 1 atom stereocenters. The molecular weight excluding hydrogens is 162 g/mol. The van der Waals surface area contributed by atoms with Gasteiger partial charge >= 0.3 is 5.97 Å². The molecule has 0 saturated carbocycles. The molecular formula is C7H11NO4. The van der Waals surface area contributed by atoms with Crippen LogP contribution in [0.1, 0.15) is 6.42 Å². The highest BCUT2D eigenvalue weighted by atomic mass is 16.6. The van der Waals surface area contributed by atoms with Gasteiger partial charge in [0.15, 0.2) is 0 Å². The summed E-state index contributed by atoms with van der Waals surface area (Å²) < 4.78 is 9.26. The van der Waals surface area contributed by atoms with E-state index in [4.69, 9.17) is 4.74 Å². The Morgan fingerprint density at radius 1 is 1.58 bits per heavy atom. The molecule has 0 aromatic heterocycles. The lowest BCUT2D eigenvalue weighted by Gasteiger charge is -2.35. The van der Waals surface area contributed by atoms with Crippen LogP contribution in [0.3, 0.4) is 0 Å². The maximum absolute atomic E-state index is 11.0. The molecule has 12 heavy (non-hydrogen) atoms. The van der Waals surface area contributed by atoms with Gasteiger partial charge in [0.2, 0.25) is 12.1 Å². The zero-order valence-electron chi connectivity index (χ0n) is 7.07. The third-order valence-corrected chi connectivity index (χ3v) is 1.80. The normalized spacial score (nSPS) is 18.5. The minimum atomic E-state index is -0.865. The van der Waals surface area contributed by atoms with E-state index >= 15 is 0 Å². The van der Waals surface area contributed by atoms with E-state index < -0.39 is 12.2 Å². The third-order valence-electron chi connectivity index (χ3n) is 1.80. The Kier molecular flexibility index (Phi) is 2.65. The van der Waals surface area contributed by atoms with Crippen LogP contribution in [0.4, 0.5) is 0 Å². The van der Waals surface area contributed by atoms with E-state index in [0.717, 1.165) is 0 Å². The first-order valence-electron chi connectivity index (χ1n) is 3.60. The number of methoxy groups -OCH3 is 2. The summed E-state index contributed by atoms with van der Waals surface area (Å²) in [5.74, 6) is -0.613. The summed E-state index contributed by atoms with van der Waals surface area (Å²) in [5.41, 5.74) is 0. The smallest absolute Gasteiger partial charge is 0.356 e. The zero-order chi connectivity index (χ0) is 9.14. The number of hydrogen-bond acceptors (Lipinski definition) is 4. The van der Waals surface area contributed by atoms with Crippen LogP contribution >= 0.6 is 0 Å². The molecule has 0 bridgehead atoms. The average molecular weight is 173 g/mol. The van der Waals surface area contributed by atoms with Crippen molar-refractivity contribution < 1.29 is 19.1 Å². The van der Waals surface area contributed by atoms with E-state index in [9.17, 15) is 9.59 Å². The second-order valence-electron chi connectivity index (χ2n) is 2.45. The third kappa shape index (κ3) is 1.40. The molecule has 1 aliphatic heterocycles. The molecule has 5 nitrogen and oxygen atoms in total. The van der Waals surface area contributed by atoms with Gasteiger partial charge in [0.05, 0.1) is 7.11 Å². The number of hydrogen-bond donors (Lipinski definition) is 0. The van der Waals surface area contributed by atoms with Crippen LogP contribution in [-0.4, -0.2) is 43.8 Å². The number of nitrogens with zero attached hydrogens (tertiary/aromatic N) is 1. The van der Waals surface area contributed by atoms with Crippen LogP contribution in [0.5, 0.6) is 0 Å². The van der Waals surface area contributed by atoms with Crippen LogP contribution < -0.4 is 0 Å². The van der Waals surface area contributed by atoms with Gasteiger partial charge in [-0.3, -0.25) is 4.79 Å². The van der Waals surface area contributed by atoms with E-state index in [1.54, 1.807) is 0 Å². The summed E-state index contributed by atoms with van der Waals surface area (Å²) in [4.78, 5) is 23.2. The topological polar surface area (TPSA) is 55.8 Å². The van der Waals surface area contributed by atoms with Crippen molar-refractivity contribution in [1.82, 2.24) is 4.90 Å². The lowest BCUT2D eigenvalue weighted by molar-refractivity contribution is -0.178. The van der Waals surface area contributed by atoms with E-state index in [0.29, 0.717) is 13.0 Å². The molecule has 1 rings (SSSR count). The van der Waals surface area contributed by atoms with Crippen molar-refractivity contribution in [2.24, 2.45) is 0 Å². The Balaban J connectivity index is 2.55. The number of esters is 1. The first-order chi connectivity index (χ1) is 5.70. The lowest BCUT2D eigenvalue weighted by atomic mass is 10.2. The van der Waals surface area contributed by atoms with Crippen LogP contribution in [0.2, 0.25) is 0 Å². The predicted molar refractivity (Wildman–Crippen MR) is 39.1 cm³/mol. The van der Waals surface area contributed by atoms with Crippen LogP contribution in [0, 0.1) is 0 Å². The van der Waals surface area contributed by atoms with Crippen molar-refractivity contribution in [3.63, 3.8) is 0 Å². The summed E-state index contributed by atoms with van der Waals surface area (Å²) in [6.45, 7) is 0.562. The Labute approximate surface area is 70.2 Å². The van der Waals surface area contributed by atoms with Gasteiger partial charge in [-0.05, 0) is 0 Å². The van der Waals surface area contributed by atoms with E-state index in [2.05, 4.69) is 4.74 Å². The number of ether oxygens (including phenoxy) is 2. The number of rotatable bonds is 3. The van der Waals surface area contributed by atoms with Gasteiger partial charge in [0.25, 0.3) is 0 Å². The Morgan fingerprint density at radius 2 is 2.25 bits per heavy atom. The summed E-state index contributed by atoms with van der Waals surface area (Å²) in [6.07, 6.45) is -0.382.